The number of aryl methyl sites for hydroxylation is 1. The van der Waals surface area contributed by atoms with Gasteiger partial charge in [-0.05, 0) is 44.4 Å². The molecule has 1 N–H and O–H groups in total. The van der Waals surface area contributed by atoms with E-state index in [0.717, 1.165) is 44.9 Å². The predicted octanol–water partition coefficient (Wildman–Crippen LogP) is 2.95. The second kappa shape index (κ2) is 7.09. The number of benzene rings is 1. The summed E-state index contributed by atoms with van der Waals surface area (Å²) in [6.45, 7) is 8.16. The van der Waals surface area contributed by atoms with Crippen LogP contribution in [0.5, 0.6) is 5.75 Å². The van der Waals surface area contributed by atoms with Crippen molar-refractivity contribution in [3.8, 4) is 5.75 Å². The number of nitrogens with one attached hydrogen (secondary N) is 1. The molecule has 1 aromatic carbocycles. The maximum Gasteiger partial charge on any atom is 0.122 e. The quantitative estimate of drug-likeness (QED) is 0.777. The van der Waals surface area contributed by atoms with E-state index in [1.54, 1.807) is 7.11 Å². The van der Waals surface area contributed by atoms with E-state index >= 15 is 0 Å². The number of ether oxygens (including phenoxy) is 2. The molecule has 0 spiro atoms. The highest BCUT2D eigenvalue weighted by Gasteiger charge is 2.35. The van der Waals surface area contributed by atoms with E-state index < -0.39 is 0 Å². The second-order valence-electron chi connectivity index (χ2n) is 5.97. The highest BCUT2D eigenvalue weighted by molar-refractivity contribution is 5.37. The van der Waals surface area contributed by atoms with Gasteiger partial charge in [0.25, 0.3) is 0 Å². The molecule has 1 atom stereocenters. The van der Waals surface area contributed by atoms with E-state index in [4.69, 9.17) is 9.47 Å². The number of methoxy groups -OCH3 is 1. The third kappa shape index (κ3) is 3.74. The minimum Gasteiger partial charge on any atom is -0.496 e. The molecule has 1 fully saturated rings. The van der Waals surface area contributed by atoms with Gasteiger partial charge in [-0.1, -0.05) is 24.6 Å². The molecule has 1 unspecified atom stereocenters. The van der Waals surface area contributed by atoms with Crippen molar-refractivity contribution in [1.29, 1.82) is 0 Å². The Kier molecular flexibility index (Phi) is 5.44. The molecule has 3 heteroatoms. The first-order valence-corrected chi connectivity index (χ1v) is 7.61. The van der Waals surface area contributed by atoms with Gasteiger partial charge in [-0.25, -0.2) is 0 Å². The average Bonchev–Trinajstić information content (AvgIpc) is 2.88. The summed E-state index contributed by atoms with van der Waals surface area (Å²) in [6.07, 6.45) is 3.32. The van der Waals surface area contributed by atoms with E-state index in [1.165, 1.54) is 17.5 Å². The van der Waals surface area contributed by atoms with E-state index in [1.807, 2.05) is 0 Å². The SMILES string of the molecule is CCCNCC1(Cc2cc(C)ccc2OC)CCOC1. The van der Waals surface area contributed by atoms with Gasteiger partial charge in [-0.2, -0.15) is 0 Å². The van der Waals surface area contributed by atoms with Crippen LogP contribution < -0.4 is 10.1 Å². The summed E-state index contributed by atoms with van der Waals surface area (Å²) in [5.41, 5.74) is 2.81. The molecule has 1 aliphatic rings. The fourth-order valence-electron chi connectivity index (χ4n) is 2.97. The lowest BCUT2D eigenvalue weighted by atomic mass is 9.80. The predicted molar refractivity (Wildman–Crippen MR) is 82.5 cm³/mol. The summed E-state index contributed by atoms with van der Waals surface area (Å²) < 4.78 is 11.2. The summed E-state index contributed by atoms with van der Waals surface area (Å²) in [4.78, 5) is 0. The Balaban J connectivity index is 2.13. The van der Waals surface area contributed by atoms with Crippen LogP contribution in [0.25, 0.3) is 0 Å². The van der Waals surface area contributed by atoms with Crippen LogP contribution in [0.1, 0.15) is 30.9 Å². The Hall–Kier alpha value is -1.06. The fraction of sp³-hybridized carbons (Fsp3) is 0.647. The first kappa shape index (κ1) is 15.3. The lowest BCUT2D eigenvalue weighted by Crippen LogP contribution is -2.37. The molecule has 1 aliphatic heterocycles. The largest absolute Gasteiger partial charge is 0.496 e. The molecule has 0 radical (unpaired) electrons. The van der Waals surface area contributed by atoms with Crippen LogP contribution in [-0.2, 0) is 11.2 Å². The van der Waals surface area contributed by atoms with Crippen LogP contribution in [0, 0.1) is 12.3 Å². The molecule has 1 saturated heterocycles. The number of hydrogen-bond acceptors (Lipinski definition) is 3. The minimum absolute atomic E-state index is 0.218. The van der Waals surface area contributed by atoms with Gasteiger partial charge in [0.05, 0.1) is 13.7 Å². The maximum atomic E-state index is 5.69. The van der Waals surface area contributed by atoms with Crippen LogP contribution in [0.3, 0.4) is 0 Å². The van der Waals surface area contributed by atoms with Crippen LogP contribution in [0.2, 0.25) is 0 Å². The van der Waals surface area contributed by atoms with Gasteiger partial charge in [0.2, 0.25) is 0 Å². The summed E-state index contributed by atoms with van der Waals surface area (Å²) in [5, 5.41) is 3.57. The Morgan fingerprint density at radius 3 is 2.90 bits per heavy atom. The van der Waals surface area contributed by atoms with Gasteiger partial charge >= 0.3 is 0 Å². The van der Waals surface area contributed by atoms with Gasteiger partial charge in [0.1, 0.15) is 5.75 Å². The lowest BCUT2D eigenvalue weighted by molar-refractivity contribution is 0.149. The van der Waals surface area contributed by atoms with Crippen LogP contribution >= 0.6 is 0 Å². The molecule has 112 valence electrons. The number of hydrogen-bond donors (Lipinski definition) is 1. The Morgan fingerprint density at radius 2 is 2.25 bits per heavy atom. The third-order valence-electron chi connectivity index (χ3n) is 4.11. The molecule has 20 heavy (non-hydrogen) atoms. The van der Waals surface area contributed by atoms with Crippen molar-refractivity contribution < 1.29 is 9.47 Å². The maximum absolute atomic E-state index is 5.69. The van der Waals surface area contributed by atoms with Gasteiger partial charge in [-0.15, -0.1) is 0 Å². The van der Waals surface area contributed by atoms with E-state index in [2.05, 4.69) is 37.4 Å². The lowest BCUT2D eigenvalue weighted by Gasteiger charge is -2.28. The smallest absolute Gasteiger partial charge is 0.122 e. The van der Waals surface area contributed by atoms with Crippen molar-refractivity contribution in [3.05, 3.63) is 29.3 Å². The Morgan fingerprint density at radius 1 is 1.40 bits per heavy atom. The third-order valence-corrected chi connectivity index (χ3v) is 4.11. The van der Waals surface area contributed by atoms with Crippen molar-refractivity contribution in [2.24, 2.45) is 5.41 Å². The van der Waals surface area contributed by atoms with E-state index in [9.17, 15) is 0 Å². The second-order valence-corrected chi connectivity index (χ2v) is 5.97. The molecule has 3 nitrogen and oxygen atoms in total. The van der Waals surface area contributed by atoms with Gasteiger partial charge < -0.3 is 14.8 Å². The van der Waals surface area contributed by atoms with Crippen LogP contribution in [0.4, 0.5) is 0 Å². The highest BCUT2D eigenvalue weighted by Crippen LogP contribution is 2.35. The normalized spacial score (nSPS) is 22.1. The highest BCUT2D eigenvalue weighted by atomic mass is 16.5. The summed E-state index contributed by atoms with van der Waals surface area (Å²) in [5.74, 6) is 0.998. The molecular weight excluding hydrogens is 250 g/mol. The molecule has 1 heterocycles. The molecule has 0 aliphatic carbocycles. The van der Waals surface area contributed by atoms with E-state index in [-0.39, 0.29) is 5.41 Å². The Labute approximate surface area is 122 Å². The monoisotopic (exact) mass is 277 g/mol. The molecule has 1 aromatic rings. The zero-order valence-electron chi connectivity index (χ0n) is 13.0. The summed E-state index contributed by atoms with van der Waals surface area (Å²) >= 11 is 0. The van der Waals surface area contributed by atoms with Crippen molar-refractivity contribution in [2.75, 3.05) is 33.4 Å². The number of rotatable bonds is 7. The van der Waals surface area contributed by atoms with Gasteiger partial charge in [0.15, 0.2) is 0 Å². The first-order valence-electron chi connectivity index (χ1n) is 7.61. The first-order chi connectivity index (χ1) is 9.69. The topological polar surface area (TPSA) is 30.5 Å². The summed E-state index contributed by atoms with van der Waals surface area (Å²) in [6, 6.07) is 6.43. The standard InChI is InChI=1S/C17H27NO2/c1-4-8-18-12-17(7-9-20-13-17)11-15-10-14(2)5-6-16(15)19-3/h5-6,10,18H,4,7-9,11-13H2,1-3H3. The van der Waals surface area contributed by atoms with Crippen LogP contribution in [-0.4, -0.2) is 33.4 Å². The zero-order valence-corrected chi connectivity index (χ0v) is 13.0. The minimum atomic E-state index is 0.218. The molecule has 0 aromatic heterocycles. The van der Waals surface area contributed by atoms with Gasteiger partial charge in [-0.3, -0.25) is 0 Å². The van der Waals surface area contributed by atoms with Crippen molar-refractivity contribution in [1.82, 2.24) is 5.32 Å². The Bertz CT molecular complexity index is 425. The van der Waals surface area contributed by atoms with Crippen LogP contribution in [0.15, 0.2) is 18.2 Å². The van der Waals surface area contributed by atoms with Gasteiger partial charge in [0, 0.05) is 18.6 Å². The van der Waals surface area contributed by atoms with Crippen molar-refractivity contribution in [2.45, 2.75) is 33.1 Å². The molecule has 0 amide bonds. The molecule has 2 rings (SSSR count). The molecule has 0 bridgehead atoms. The van der Waals surface area contributed by atoms with Crippen molar-refractivity contribution in [3.63, 3.8) is 0 Å². The fourth-order valence-corrected chi connectivity index (χ4v) is 2.97. The van der Waals surface area contributed by atoms with Crippen molar-refractivity contribution >= 4 is 0 Å². The molecular formula is C17H27NO2. The molecule has 0 saturated carbocycles. The average molecular weight is 277 g/mol. The van der Waals surface area contributed by atoms with E-state index in [0.29, 0.717) is 0 Å². The summed E-state index contributed by atoms with van der Waals surface area (Å²) in [7, 11) is 1.75. The zero-order chi connectivity index (χ0) is 14.4.